The second-order valence-electron chi connectivity index (χ2n) is 8.78. The highest BCUT2D eigenvalue weighted by molar-refractivity contribution is 6.30. The molecule has 0 radical (unpaired) electrons. The first-order valence-electron chi connectivity index (χ1n) is 10.1. The fourth-order valence-electron chi connectivity index (χ4n) is 4.53. The van der Waals surface area contributed by atoms with Crippen molar-refractivity contribution in [1.82, 2.24) is 0 Å². The highest BCUT2D eigenvalue weighted by Crippen LogP contribution is 2.48. The van der Waals surface area contributed by atoms with Crippen LogP contribution in [0.15, 0.2) is 42.5 Å². The fourth-order valence-corrected chi connectivity index (χ4v) is 4.65. The number of ether oxygens (including phenoxy) is 4. The molecule has 156 valence electrons. The summed E-state index contributed by atoms with van der Waals surface area (Å²) in [7, 11) is 1.73. The van der Waals surface area contributed by atoms with E-state index in [-0.39, 0.29) is 18.5 Å². The van der Waals surface area contributed by atoms with Crippen LogP contribution in [0.4, 0.5) is 0 Å². The Morgan fingerprint density at radius 2 is 1.79 bits per heavy atom. The molecular weight excluding hydrogens is 388 g/mol. The van der Waals surface area contributed by atoms with E-state index in [0.29, 0.717) is 0 Å². The molecule has 0 aliphatic carbocycles. The largest absolute Gasteiger partial charge is 0.374 e. The number of hydrogen-bond acceptors (Lipinski definition) is 4. The van der Waals surface area contributed by atoms with E-state index in [1.54, 1.807) is 7.11 Å². The highest BCUT2D eigenvalue weighted by Gasteiger charge is 2.56. The van der Waals surface area contributed by atoms with Crippen LogP contribution < -0.4 is 0 Å². The standard InChI is InChI=1S/C24H29ClO4/c1-15-6-9-17(13-18(15)12-16-7-10-19(25)11-8-16)21(26-5)24(4)14-20-22(29-24)28-23(2,3)27-20/h6-11,13,20-22H,12,14H2,1-5H3/t20-,21-,22+,24+/m0/s1. The average molecular weight is 417 g/mol. The van der Waals surface area contributed by atoms with Crippen molar-refractivity contribution >= 4 is 11.6 Å². The zero-order chi connectivity index (χ0) is 20.8. The van der Waals surface area contributed by atoms with Gasteiger partial charge in [-0.3, -0.25) is 0 Å². The highest BCUT2D eigenvalue weighted by atomic mass is 35.5. The van der Waals surface area contributed by atoms with Crippen molar-refractivity contribution in [3.63, 3.8) is 0 Å². The second-order valence-corrected chi connectivity index (χ2v) is 9.22. The summed E-state index contributed by atoms with van der Waals surface area (Å²) in [6, 6.07) is 14.5. The Kier molecular flexibility index (Phi) is 5.51. The Morgan fingerprint density at radius 1 is 1.07 bits per heavy atom. The maximum atomic E-state index is 6.33. The summed E-state index contributed by atoms with van der Waals surface area (Å²) in [6.45, 7) is 8.06. The van der Waals surface area contributed by atoms with E-state index in [1.165, 1.54) is 16.7 Å². The maximum Gasteiger partial charge on any atom is 0.188 e. The van der Waals surface area contributed by atoms with Gasteiger partial charge in [-0.1, -0.05) is 41.9 Å². The summed E-state index contributed by atoms with van der Waals surface area (Å²) in [5, 5.41) is 0.753. The van der Waals surface area contributed by atoms with Crippen LogP contribution in [0.3, 0.4) is 0 Å². The van der Waals surface area contributed by atoms with Crippen molar-refractivity contribution in [3.05, 3.63) is 69.7 Å². The Labute approximate surface area is 178 Å². The van der Waals surface area contributed by atoms with E-state index in [2.05, 4.69) is 44.2 Å². The first-order valence-corrected chi connectivity index (χ1v) is 10.5. The van der Waals surface area contributed by atoms with Crippen molar-refractivity contribution < 1.29 is 18.9 Å². The molecule has 0 bridgehead atoms. The maximum absolute atomic E-state index is 6.33. The minimum atomic E-state index is -0.602. The van der Waals surface area contributed by atoms with E-state index < -0.39 is 11.4 Å². The molecule has 0 amide bonds. The molecule has 4 rings (SSSR count). The van der Waals surface area contributed by atoms with Crippen molar-refractivity contribution in [2.75, 3.05) is 7.11 Å². The van der Waals surface area contributed by atoms with Crippen molar-refractivity contribution in [1.29, 1.82) is 0 Å². The van der Waals surface area contributed by atoms with Crippen molar-refractivity contribution in [3.8, 4) is 0 Å². The fraction of sp³-hybridized carbons (Fsp3) is 0.500. The number of hydrogen-bond donors (Lipinski definition) is 0. The number of halogens is 1. The Bertz CT molecular complexity index is 861. The molecule has 0 unspecified atom stereocenters. The molecule has 0 spiro atoms. The van der Waals surface area contributed by atoms with Gasteiger partial charge in [-0.05, 0) is 68.5 Å². The van der Waals surface area contributed by atoms with E-state index >= 15 is 0 Å². The lowest BCUT2D eigenvalue weighted by Crippen LogP contribution is -2.37. The predicted octanol–water partition coefficient (Wildman–Crippen LogP) is 5.58. The van der Waals surface area contributed by atoms with Crippen LogP contribution in [0.25, 0.3) is 0 Å². The average Bonchev–Trinajstić information content (AvgIpc) is 3.09. The molecule has 4 atom stereocenters. The molecule has 0 N–H and O–H groups in total. The molecule has 4 nitrogen and oxygen atoms in total. The minimum absolute atomic E-state index is 0.0772. The molecule has 29 heavy (non-hydrogen) atoms. The molecule has 2 aliphatic heterocycles. The van der Waals surface area contributed by atoms with Gasteiger partial charge in [0.15, 0.2) is 12.1 Å². The molecule has 2 aromatic carbocycles. The van der Waals surface area contributed by atoms with Crippen LogP contribution in [0, 0.1) is 6.92 Å². The van der Waals surface area contributed by atoms with Gasteiger partial charge in [0.2, 0.25) is 0 Å². The molecule has 2 fully saturated rings. The summed E-state index contributed by atoms with van der Waals surface area (Å²) in [4.78, 5) is 0. The van der Waals surface area contributed by atoms with Gasteiger partial charge in [0, 0.05) is 18.6 Å². The van der Waals surface area contributed by atoms with Gasteiger partial charge in [-0.25, -0.2) is 0 Å². The number of benzene rings is 2. The first-order chi connectivity index (χ1) is 13.7. The van der Waals surface area contributed by atoms with E-state index in [4.69, 9.17) is 30.5 Å². The molecule has 0 saturated carbocycles. The lowest BCUT2D eigenvalue weighted by Gasteiger charge is -2.34. The second kappa shape index (κ2) is 7.68. The third-order valence-corrected chi connectivity index (χ3v) is 6.16. The van der Waals surface area contributed by atoms with Gasteiger partial charge in [0.25, 0.3) is 0 Å². The minimum Gasteiger partial charge on any atom is -0.374 e. The van der Waals surface area contributed by atoms with Crippen LogP contribution in [0.5, 0.6) is 0 Å². The van der Waals surface area contributed by atoms with Gasteiger partial charge in [-0.15, -0.1) is 0 Å². The molecule has 5 heteroatoms. The SMILES string of the molecule is CO[C@@H](c1ccc(C)c(Cc2ccc(Cl)cc2)c1)[C@@]1(C)C[C@@H]2OC(C)(C)O[C@@H]2O1. The van der Waals surface area contributed by atoms with Gasteiger partial charge in [-0.2, -0.15) is 0 Å². The Hall–Kier alpha value is -1.43. The molecule has 2 aliphatic rings. The van der Waals surface area contributed by atoms with Gasteiger partial charge >= 0.3 is 0 Å². The van der Waals surface area contributed by atoms with E-state index in [9.17, 15) is 0 Å². The summed E-state index contributed by atoms with van der Waals surface area (Å²) < 4.78 is 24.2. The van der Waals surface area contributed by atoms with Crippen LogP contribution in [0.2, 0.25) is 5.02 Å². The van der Waals surface area contributed by atoms with Gasteiger partial charge < -0.3 is 18.9 Å². The normalized spacial score (nSPS) is 29.0. The lowest BCUT2D eigenvalue weighted by molar-refractivity contribution is -0.240. The number of rotatable bonds is 5. The van der Waals surface area contributed by atoms with Crippen molar-refractivity contribution in [2.24, 2.45) is 0 Å². The topological polar surface area (TPSA) is 36.9 Å². The Balaban J connectivity index is 1.57. The van der Waals surface area contributed by atoms with E-state index in [0.717, 1.165) is 23.4 Å². The van der Waals surface area contributed by atoms with Crippen LogP contribution in [0.1, 0.15) is 55.5 Å². The number of fused-ring (bicyclic) bond motifs is 1. The number of aryl methyl sites for hydroxylation is 1. The summed E-state index contributed by atoms with van der Waals surface area (Å²) >= 11 is 6.03. The summed E-state index contributed by atoms with van der Waals surface area (Å²) in [6.07, 6.45) is 0.919. The first kappa shape index (κ1) is 20.8. The zero-order valence-electron chi connectivity index (χ0n) is 17.7. The predicted molar refractivity (Wildman–Crippen MR) is 113 cm³/mol. The molecule has 2 heterocycles. The van der Waals surface area contributed by atoms with Crippen molar-refractivity contribution in [2.45, 2.75) is 70.4 Å². The molecule has 2 aromatic rings. The van der Waals surface area contributed by atoms with Crippen LogP contribution >= 0.6 is 11.6 Å². The monoisotopic (exact) mass is 416 g/mol. The third kappa shape index (κ3) is 4.23. The zero-order valence-corrected chi connectivity index (χ0v) is 18.5. The van der Waals surface area contributed by atoms with Gasteiger partial charge in [0.05, 0.1) is 0 Å². The summed E-state index contributed by atoms with van der Waals surface area (Å²) in [5.41, 5.74) is 4.32. The van der Waals surface area contributed by atoms with Crippen LogP contribution in [-0.4, -0.2) is 30.9 Å². The third-order valence-electron chi connectivity index (χ3n) is 5.90. The van der Waals surface area contributed by atoms with Gasteiger partial charge in [0.1, 0.15) is 17.8 Å². The van der Waals surface area contributed by atoms with E-state index in [1.807, 2.05) is 26.0 Å². The molecule has 2 saturated heterocycles. The Morgan fingerprint density at radius 3 is 2.45 bits per heavy atom. The van der Waals surface area contributed by atoms with Crippen LogP contribution in [-0.2, 0) is 25.4 Å². The number of methoxy groups -OCH3 is 1. The molecular formula is C24H29ClO4. The quantitative estimate of drug-likeness (QED) is 0.637. The lowest BCUT2D eigenvalue weighted by atomic mass is 9.87. The smallest absolute Gasteiger partial charge is 0.188 e. The molecule has 0 aromatic heterocycles. The summed E-state index contributed by atoms with van der Waals surface area (Å²) in [5.74, 6) is -0.602.